The highest BCUT2D eigenvalue weighted by Crippen LogP contribution is 2.30. The van der Waals surface area contributed by atoms with Gasteiger partial charge in [-0.1, -0.05) is 24.3 Å². The molecule has 0 fully saturated rings. The van der Waals surface area contributed by atoms with E-state index in [0.29, 0.717) is 0 Å². The maximum Gasteiger partial charge on any atom is 0.217 e. The summed E-state index contributed by atoms with van der Waals surface area (Å²) in [7, 11) is 1.70. The van der Waals surface area contributed by atoms with Crippen LogP contribution in [0.15, 0.2) is 36.4 Å². The first-order chi connectivity index (χ1) is 10.4. The number of carbonyl (C=O) groups excluding carboxylic acids is 1. The van der Waals surface area contributed by atoms with Gasteiger partial charge in [-0.3, -0.25) is 4.79 Å². The number of carbonyl (C=O) groups is 1. The van der Waals surface area contributed by atoms with Crippen molar-refractivity contribution in [1.29, 1.82) is 0 Å². The monoisotopic (exact) mass is 297 g/mol. The molecule has 1 amide bonds. The Morgan fingerprint density at radius 1 is 1.05 bits per heavy atom. The quantitative estimate of drug-likeness (QED) is 0.919. The van der Waals surface area contributed by atoms with Crippen LogP contribution in [0.2, 0.25) is 0 Å². The van der Waals surface area contributed by atoms with Gasteiger partial charge in [0.25, 0.3) is 0 Å². The zero-order chi connectivity index (χ0) is 16.3. The van der Waals surface area contributed by atoms with E-state index < -0.39 is 0 Å². The van der Waals surface area contributed by atoms with E-state index in [1.54, 1.807) is 7.11 Å². The third-order valence-corrected chi connectivity index (χ3v) is 3.83. The minimum Gasteiger partial charge on any atom is -0.496 e. The molecule has 1 N–H and O–H groups in total. The molecule has 0 bridgehead atoms. The second-order valence-corrected chi connectivity index (χ2v) is 5.69. The number of benzene rings is 2. The fourth-order valence-corrected chi connectivity index (χ4v) is 2.79. The van der Waals surface area contributed by atoms with E-state index in [4.69, 9.17) is 4.74 Å². The Balaban J connectivity index is 2.29. The summed E-state index contributed by atoms with van der Waals surface area (Å²) in [4.78, 5) is 11.1. The average molecular weight is 297 g/mol. The molecule has 3 nitrogen and oxygen atoms in total. The number of nitrogens with one attached hydrogen (secondary N) is 1. The van der Waals surface area contributed by atoms with Crippen LogP contribution in [-0.4, -0.2) is 13.0 Å². The van der Waals surface area contributed by atoms with Crippen LogP contribution < -0.4 is 10.1 Å². The Morgan fingerprint density at radius 2 is 1.59 bits per heavy atom. The molecule has 2 aromatic rings. The van der Waals surface area contributed by atoms with Crippen LogP contribution in [0.5, 0.6) is 5.75 Å². The fraction of sp³-hybridized carbons (Fsp3) is 0.316. The van der Waals surface area contributed by atoms with Gasteiger partial charge >= 0.3 is 0 Å². The van der Waals surface area contributed by atoms with E-state index in [0.717, 1.165) is 28.0 Å². The largest absolute Gasteiger partial charge is 0.496 e. The van der Waals surface area contributed by atoms with Gasteiger partial charge in [-0.2, -0.15) is 0 Å². The van der Waals surface area contributed by atoms with Crippen LogP contribution in [0.1, 0.15) is 36.6 Å². The lowest BCUT2D eigenvalue weighted by Crippen LogP contribution is -2.23. The van der Waals surface area contributed by atoms with Crippen molar-refractivity contribution >= 4 is 5.91 Å². The summed E-state index contributed by atoms with van der Waals surface area (Å²) in [6, 6.07) is 12.6. The lowest BCUT2D eigenvalue weighted by molar-refractivity contribution is -0.119. The zero-order valence-electron chi connectivity index (χ0n) is 13.9. The van der Waals surface area contributed by atoms with Gasteiger partial charge in [-0.15, -0.1) is 0 Å². The smallest absolute Gasteiger partial charge is 0.217 e. The summed E-state index contributed by atoms with van der Waals surface area (Å²) in [5.74, 6) is 0.928. The van der Waals surface area contributed by atoms with Crippen molar-refractivity contribution in [3.63, 3.8) is 0 Å². The number of hydrogen-bond donors (Lipinski definition) is 1. The van der Waals surface area contributed by atoms with E-state index in [1.165, 1.54) is 12.5 Å². The molecule has 3 heteroatoms. The van der Waals surface area contributed by atoms with E-state index in [9.17, 15) is 4.79 Å². The molecule has 0 aliphatic carbocycles. The molecule has 0 saturated carbocycles. The number of ether oxygens (including phenoxy) is 1. The van der Waals surface area contributed by atoms with Gasteiger partial charge in [0, 0.05) is 6.92 Å². The molecule has 116 valence electrons. The van der Waals surface area contributed by atoms with Crippen molar-refractivity contribution in [2.75, 3.05) is 7.11 Å². The molecule has 0 heterocycles. The summed E-state index contributed by atoms with van der Waals surface area (Å²) in [6.45, 7) is 7.64. The highest BCUT2D eigenvalue weighted by atomic mass is 16.5. The molecule has 0 unspecified atom stereocenters. The Kier molecular flexibility index (Phi) is 4.86. The van der Waals surface area contributed by atoms with Gasteiger partial charge in [0.2, 0.25) is 5.91 Å². The molecule has 0 radical (unpaired) electrons. The number of amides is 1. The molecular formula is C19H23NO2. The van der Waals surface area contributed by atoms with E-state index in [-0.39, 0.29) is 11.9 Å². The molecule has 2 rings (SSSR count). The van der Waals surface area contributed by atoms with E-state index in [2.05, 4.69) is 55.6 Å². The van der Waals surface area contributed by atoms with Crippen molar-refractivity contribution in [2.45, 2.75) is 33.7 Å². The van der Waals surface area contributed by atoms with Gasteiger partial charge < -0.3 is 10.1 Å². The van der Waals surface area contributed by atoms with Crippen LogP contribution in [0.25, 0.3) is 11.1 Å². The van der Waals surface area contributed by atoms with Crippen molar-refractivity contribution in [3.05, 3.63) is 53.1 Å². The van der Waals surface area contributed by atoms with Gasteiger partial charge in [0.1, 0.15) is 5.75 Å². The lowest BCUT2D eigenvalue weighted by atomic mass is 9.97. The molecule has 0 aliphatic heterocycles. The summed E-state index contributed by atoms with van der Waals surface area (Å²) < 4.78 is 5.41. The van der Waals surface area contributed by atoms with Crippen LogP contribution in [0.3, 0.4) is 0 Å². The molecule has 2 aromatic carbocycles. The van der Waals surface area contributed by atoms with Crippen LogP contribution in [0, 0.1) is 13.8 Å². The standard InChI is InChI=1S/C19H23NO2/c1-12-10-18(11-13(2)19(12)22-5)17-8-6-16(7-9-17)14(3)20-15(4)21/h6-11,14H,1-5H3,(H,20,21)/t14-/m1/s1. The Morgan fingerprint density at radius 3 is 2.05 bits per heavy atom. The Labute approximate surface area is 132 Å². The topological polar surface area (TPSA) is 38.3 Å². The number of methoxy groups -OCH3 is 1. The Bertz CT molecular complexity index is 651. The van der Waals surface area contributed by atoms with Crippen molar-refractivity contribution < 1.29 is 9.53 Å². The fourth-order valence-electron chi connectivity index (χ4n) is 2.79. The summed E-state index contributed by atoms with van der Waals surface area (Å²) in [5.41, 5.74) is 5.70. The predicted molar refractivity (Wildman–Crippen MR) is 90.1 cm³/mol. The first kappa shape index (κ1) is 16.1. The number of aryl methyl sites for hydroxylation is 2. The maximum atomic E-state index is 11.1. The summed E-state index contributed by atoms with van der Waals surface area (Å²) in [6.07, 6.45) is 0. The minimum absolute atomic E-state index is 0.0158. The molecule has 0 spiro atoms. The van der Waals surface area contributed by atoms with Gasteiger partial charge in [0.05, 0.1) is 13.2 Å². The highest BCUT2D eigenvalue weighted by molar-refractivity contribution is 5.73. The highest BCUT2D eigenvalue weighted by Gasteiger charge is 2.09. The molecule has 1 atom stereocenters. The average Bonchev–Trinajstić information content (AvgIpc) is 2.46. The molecule has 0 aromatic heterocycles. The van der Waals surface area contributed by atoms with Gasteiger partial charge in [-0.25, -0.2) is 0 Å². The van der Waals surface area contributed by atoms with Crippen LogP contribution >= 0.6 is 0 Å². The normalized spacial score (nSPS) is 11.9. The summed E-state index contributed by atoms with van der Waals surface area (Å²) in [5, 5.41) is 2.90. The van der Waals surface area contributed by atoms with Crippen molar-refractivity contribution in [3.8, 4) is 16.9 Å². The van der Waals surface area contributed by atoms with Gasteiger partial charge in [0.15, 0.2) is 0 Å². The lowest BCUT2D eigenvalue weighted by Gasteiger charge is -2.14. The third-order valence-electron chi connectivity index (χ3n) is 3.83. The van der Waals surface area contributed by atoms with E-state index >= 15 is 0 Å². The van der Waals surface area contributed by atoms with Crippen molar-refractivity contribution in [2.24, 2.45) is 0 Å². The second kappa shape index (κ2) is 6.65. The Hall–Kier alpha value is -2.29. The van der Waals surface area contributed by atoms with E-state index in [1.807, 2.05) is 6.92 Å². The van der Waals surface area contributed by atoms with Gasteiger partial charge in [-0.05, 0) is 60.7 Å². The SMILES string of the molecule is COc1c(C)cc(-c2ccc([C@@H](C)NC(C)=O)cc2)cc1C. The zero-order valence-corrected chi connectivity index (χ0v) is 13.9. The molecular weight excluding hydrogens is 274 g/mol. The van der Waals surface area contributed by atoms with Crippen molar-refractivity contribution in [1.82, 2.24) is 5.32 Å². The second-order valence-electron chi connectivity index (χ2n) is 5.69. The minimum atomic E-state index is -0.0158. The number of rotatable bonds is 4. The third kappa shape index (κ3) is 3.48. The number of hydrogen-bond acceptors (Lipinski definition) is 2. The molecule has 22 heavy (non-hydrogen) atoms. The first-order valence-corrected chi connectivity index (χ1v) is 7.45. The maximum absolute atomic E-state index is 11.1. The molecule has 0 aliphatic rings. The summed E-state index contributed by atoms with van der Waals surface area (Å²) >= 11 is 0. The van der Waals surface area contributed by atoms with Crippen LogP contribution in [-0.2, 0) is 4.79 Å². The van der Waals surface area contributed by atoms with Crippen LogP contribution in [0.4, 0.5) is 0 Å². The first-order valence-electron chi connectivity index (χ1n) is 7.45. The predicted octanol–water partition coefficient (Wildman–Crippen LogP) is 4.18. The molecule has 0 saturated heterocycles.